The number of hydrogen-bond acceptors (Lipinski definition) is 6. The molecule has 0 saturated heterocycles. The van der Waals surface area contributed by atoms with Crippen LogP contribution in [0.5, 0.6) is 5.75 Å². The molecule has 1 aromatic heterocycles. The van der Waals surface area contributed by atoms with Crippen LogP contribution in [-0.4, -0.2) is 33.1 Å². The molecule has 0 radical (unpaired) electrons. The van der Waals surface area contributed by atoms with Crippen molar-refractivity contribution in [3.8, 4) is 16.9 Å². The van der Waals surface area contributed by atoms with Crippen LogP contribution in [0.3, 0.4) is 0 Å². The lowest BCUT2D eigenvalue weighted by Crippen LogP contribution is -2.25. The Kier molecular flexibility index (Phi) is 6.94. The van der Waals surface area contributed by atoms with Crippen molar-refractivity contribution in [3.05, 3.63) is 35.5 Å². The minimum absolute atomic E-state index is 0.0227. The molecule has 2 N–H and O–H groups in total. The number of methoxy groups -OCH3 is 1. The standard InChI is InChI=1S/C21H27N3O5S/c1-14-20(21(29-24-14)23-15(2)25)17-9-10-18(28-3)19(13-17)30(26,27)22-12-11-16-7-5-4-6-8-16/h7,9-10,13,22H,4-6,8,11-12H2,1-3H3,(H,23,25). The molecule has 0 saturated carbocycles. The number of carbonyl (C=O) groups is 1. The summed E-state index contributed by atoms with van der Waals surface area (Å²) in [6, 6.07) is 4.79. The van der Waals surface area contributed by atoms with Gasteiger partial charge in [-0.15, -0.1) is 0 Å². The summed E-state index contributed by atoms with van der Waals surface area (Å²) in [6.45, 7) is 3.40. The van der Waals surface area contributed by atoms with Crippen LogP contribution in [0, 0.1) is 6.92 Å². The maximum Gasteiger partial charge on any atom is 0.244 e. The van der Waals surface area contributed by atoms with E-state index in [1.807, 2.05) is 0 Å². The van der Waals surface area contributed by atoms with E-state index in [0.717, 1.165) is 19.3 Å². The molecule has 0 unspecified atom stereocenters. The molecule has 1 aliphatic carbocycles. The first-order valence-corrected chi connectivity index (χ1v) is 11.4. The van der Waals surface area contributed by atoms with Gasteiger partial charge in [0.15, 0.2) is 0 Å². The minimum atomic E-state index is -3.81. The van der Waals surface area contributed by atoms with E-state index >= 15 is 0 Å². The SMILES string of the molecule is COc1ccc(-c2c(C)noc2NC(C)=O)cc1S(=O)(=O)NCCC1=CCCCC1. The van der Waals surface area contributed by atoms with E-state index in [9.17, 15) is 13.2 Å². The second kappa shape index (κ2) is 9.44. The van der Waals surface area contributed by atoms with E-state index in [0.29, 0.717) is 29.8 Å². The molecule has 1 amide bonds. The van der Waals surface area contributed by atoms with Gasteiger partial charge in [-0.1, -0.05) is 22.9 Å². The number of nitrogens with one attached hydrogen (secondary N) is 2. The van der Waals surface area contributed by atoms with Gasteiger partial charge in [0, 0.05) is 13.5 Å². The summed E-state index contributed by atoms with van der Waals surface area (Å²) < 4.78 is 39.2. The summed E-state index contributed by atoms with van der Waals surface area (Å²) in [5.41, 5.74) is 2.90. The first-order chi connectivity index (χ1) is 14.3. The van der Waals surface area contributed by atoms with Crippen molar-refractivity contribution in [2.24, 2.45) is 0 Å². The van der Waals surface area contributed by atoms with Crippen molar-refractivity contribution >= 4 is 21.8 Å². The molecule has 0 bridgehead atoms. The molecule has 162 valence electrons. The maximum absolute atomic E-state index is 13.0. The Balaban J connectivity index is 1.88. The van der Waals surface area contributed by atoms with Gasteiger partial charge in [0.1, 0.15) is 10.6 Å². The Morgan fingerprint density at radius 3 is 2.77 bits per heavy atom. The average Bonchev–Trinajstić information content (AvgIpc) is 3.07. The van der Waals surface area contributed by atoms with Gasteiger partial charge >= 0.3 is 0 Å². The van der Waals surface area contributed by atoms with E-state index in [2.05, 4.69) is 21.3 Å². The normalized spacial score (nSPS) is 14.3. The Bertz CT molecular complexity index is 1060. The number of carbonyl (C=O) groups excluding carboxylic acids is 1. The summed E-state index contributed by atoms with van der Waals surface area (Å²) in [5.74, 6) is 0.0940. The van der Waals surface area contributed by atoms with E-state index in [4.69, 9.17) is 9.26 Å². The Hall–Kier alpha value is -2.65. The molecular formula is C21H27N3O5S. The summed E-state index contributed by atoms with van der Waals surface area (Å²) in [5, 5.41) is 6.47. The number of rotatable bonds is 8. The van der Waals surface area contributed by atoms with Crippen LogP contribution in [0.15, 0.2) is 39.3 Å². The fraction of sp³-hybridized carbons (Fsp3) is 0.429. The van der Waals surface area contributed by atoms with Crippen LogP contribution in [0.4, 0.5) is 5.88 Å². The summed E-state index contributed by atoms with van der Waals surface area (Å²) >= 11 is 0. The minimum Gasteiger partial charge on any atom is -0.495 e. The molecule has 0 spiro atoms. The predicted octanol–water partition coefficient (Wildman–Crippen LogP) is 3.79. The van der Waals surface area contributed by atoms with Gasteiger partial charge in [0.05, 0.1) is 18.4 Å². The monoisotopic (exact) mass is 433 g/mol. The Morgan fingerprint density at radius 1 is 1.30 bits per heavy atom. The second-order valence-corrected chi connectivity index (χ2v) is 9.01. The van der Waals surface area contributed by atoms with Gasteiger partial charge in [-0.05, 0) is 56.7 Å². The topological polar surface area (TPSA) is 111 Å². The van der Waals surface area contributed by atoms with Gasteiger partial charge in [0.2, 0.25) is 21.8 Å². The number of anilines is 1. The Labute approximate surface area is 176 Å². The zero-order valence-electron chi connectivity index (χ0n) is 17.4. The highest BCUT2D eigenvalue weighted by atomic mass is 32.2. The smallest absolute Gasteiger partial charge is 0.244 e. The highest BCUT2D eigenvalue weighted by Crippen LogP contribution is 2.35. The third-order valence-corrected chi connectivity index (χ3v) is 6.50. The lowest BCUT2D eigenvalue weighted by molar-refractivity contribution is -0.114. The number of amides is 1. The molecule has 1 aromatic carbocycles. The van der Waals surface area contributed by atoms with Gasteiger partial charge in [0.25, 0.3) is 0 Å². The zero-order valence-corrected chi connectivity index (χ0v) is 18.3. The molecule has 0 atom stereocenters. The van der Waals surface area contributed by atoms with Crippen LogP contribution in [0.25, 0.3) is 11.1 Å². The quantitative estimate of drug-likeness (QED) is 0.613. The third kappa shape index (κ3) is 5.09. The Morgan fingerprint density at radius 2 is 2.10 bits per heavy atom. The molecule has 9 heteroatoms. The number of aryl methyl sites for hydroxylation is 1. The molecule has 3 rings (SSSR count). The molecule has 0 aliphatic heterocycles. The van der Waals surface area contributed by atoms with Crippen LogP contribution >= 0.6 is 0 Å². The highest BCUT2D eigenvalue weighted by molar-refractivity contribution is 7.89. The largest absolute Gasteiger partial charge is 0.495 e. The van der Waals surface area contributed by atoms with E-state index in [-0.39, 0.29) is 22.4 Å². The number of sulfonamides is 1. The van der Waals surface area contributed by atoms with Crippen LogP contribution in [0.1, 0.15) is 44.7 Å². The van der Waals surface area contributed by atoms with Crippen molar-refractivity contribution in [1.29, 1.82) is 0 Å². The molecule has 1 aliphatic rings. The lowest BCUT2D eigenvalue weighted by Gasteiger charge is -2.15. The molecule has 0 fully saturated rings. The van der Waals surface area contributed by atoms with Crippen molar-refractivity contribution in [2.45, 2.75) is 50.8 Å². The van der Waals surface area contributed by atoms with E-state index in [1.165, 1.54) is 32.1 Å². The fourth-order valence-corrected chi connectivity index (χ4v) is 4.78. The molecular weight excluding hydrogens is 406 g/mol. The van der Waals surface area contributed by atoms with Gasteiger partial charge in [-0.3, -0.25) is 10.1 Å². The highest BCUT2D eigenvalue weighted by Gasteiger charge is 2.23. The van der Waals surface area contributed by atoms with Crippen molar-refractivity contribution in [3.63, 3.8) is 0 Å². The zero-order chi connectivity index (χ0) is 21.7. The number of aromatic nitrogens is 1. The fourth-order valence-electron chi connectivity index (χ4n) is 3.55. The number of benzene rings is 1. The molecule has 30 heavy (non-hydrogen) atoms. The van der Waals surface area contributed by atoms with Crippen molar-refractivity contribution in [1.82, 2.24) is 9.88 Å². The van der Waals surface area contributed by atoms with Gasteiger partial charge in [-0.2, -0.15) is 0 Å². The van der Waals surface area contributed by atoms with E-state index < -0.39 is 10.0 Å². The first-order valence-electron chi connectivity index (χ1n) is 9.91. The number of hydrogen-bond donors (Lipinski definition) is 2. The van der Waals surface area contributed by atoms with Crippen molar-refractivity contribution < 1.29 is 22.5 Å². The predicted molar refractivity (Wildman–Crippen MR) is 114 cm³/mol. The van der Waals surface area contributed by atoms with E-state index in [1.54, 1.807) is 19.1 Å². The van der Waals surface area contributed by atoms with Crippen LogP contribution in [0.2, 0.25) is 0 Å². The first kappa shape index (κ1) is 22.0. The number of ether oxygens (including phenoxy) is 1. The molecule has 2 aromatic rings. The summed E-state index contributed by atoms with van der Waals surface area (Å²) in [4.78, 5) is 11.5. The molecule has 8 nitrogen and oxygen atoms in total. The average molecular weight is 434 g/mol. The van der Waals surface area contributed by atoms with Crippen LogP contribution in [-0.2, 0) is 14.8 Å². The summed E-state index contributed by atoms with van der Waals surface area (Å²) in [7, 11) is -2.38. The lowest BCUT2D eigenvalue weighted by atomic mass is 9.97. The molecule has 1 heterocycles. The third-order valence-electron chi connectivity index (χ3n) is 5.02. The second-order valence-electron chi connectivity index (χ2n) is 7.27. The van der Waals surface area contributed by atoms with Gasteiger partial charge < -0.3 is 9.26 Å². The van der Waals surface area contributed by atoms with Gasteiger partial charge in [-0.25, -0.2) is 13.1 Å². The number of allylic oxidation sites excluding steroid dienone is 1. The number of nitrogens with zero attached hydrogens (tertiary/aromatic N) is 1. The van der Waals surface area contributed by atoms with Crippen molar-refractivity contribution in [2.75, 3.05) is 19.0 Å². The maximum atomic E-state index is 13.0. The summed E-state index contributed by atoms with van der Waals surface area (Å²) in [6.07, 6.45) is 7.34. The van der Waals surface area contributed by atoms with Crippen LogP contribution < -0.4 is 14.8 Å².